The Morgan fingerprint density at radius 3 is 2.63 bits per heavy atom. The van der Waals surface area contributed by atoms with Crippen LogP contribution in [0.1, 0.15) is 42.8 Å². The van der Waals surface area contributed by atoms with Crippen molar-refractivity contribution in [3.8, 4) is 5.75 Å². The van der Waals surface area contributed by atoms with Gasteiger partial charge in [-0.2, -0.15) is 0 Å². The first-order valence-corrected chi connectivity index (χ1v) is 14.6. The summed E-state index contributed by atoms with van der Waals surface area (Å²) in [5.41, 5.74) is 2.21. The number of ether oxygens (including phenoxy) is 2. The van der Waals surface area contributed by atoms with Crippen LogP contribution in [0.5, 0.6) is 5.75 Å². The van der Waals surface area contributed by atoms with Gasteiger partial charge in [0, 0.05) is 20.5 Å². The molecule has 0 radical (unpaired) electrons. The molecule has 1 aliphatic rings. The molecule has 0 fully saturated rings. The van der Waals surface area contributed by atoms with E-state index in [-0.39, 0.29) is 18.3 Å². The smallest absolute Gasteiger partial charge is 0.338 e. The Labute approximate surface area is 236 Å². The van der Waals surface area contributed by atoms with Gasteiger partial charge >= 0.3 is 5.97 Å². The second kappa shape index (κ2) is 11.2. The summed E-state index contributed by atoms with van der Waals surface area (Å²) in [6.07, 6.45) is 1.80. The molecule has 38 heavy (non-hydrogen) atoms. The lowest BCUT2D eigenvalue weighted by Gasteiger charge is -2.24. The lowest BCUT2D eigenvalue weighted by atomic mass is 9.97. The largest absolute Gasteiger partial charge is 0.490 e. The van der Waals surface area contributed by atoms with Crippen molar-refractivity contribution in [2.75, 3.05) is 6.61 Å². The summed E-state index contributed by atoms with van der Waals surface area (Å²) in [4.78, 5) is 33.6. The first-order chi connectivity index (χ1) is 18.4. The number of thiazole rings is 1. The van der Waals surface area contributed by atoms with Crippen LogP contribution < -0.4 is 19.6 Å². The SMILES string of the molecule is CCOC(=O)C1=C(c2ccccc2)N=c2s/c(=C/c3cc(Br)ccc3OC(C)C)c(=O)n2[C@@H]1c1cccs1. The monoisotopic (exact) mass is 608 g/mol. The fraction of sp³-hybridized carbons (Fsp3) is 0.207. The maximum atomic E-state index is 14.0. The van der Waals surface area contributed by atoms with Crippen molar-refractivity contribution >= 4 is 56.3 Å². The van der Waals surface area contributed by atoms with E-state index in [1.807, 2.05) is 86.0 Å². The molecule has 0 amide bonds. The van der Waals surface area contributed by atoms with Crippen LogP contribution in [0.15, 0.2) is 85.9 Å². The Morgan fingerprint density at radius 2 is 1.95 bits per heavy atom. The molecule has 194 valence electrons. The molecular weight excluding hydrogens is 584 g/mol. The molecule has 3 heterocycles. The van der Waals surface area contributed by atoms with Gasteiger partial charge in [-0.25, -0.2) is 9.79 Å². The number of hydrogen-bond donors (Lipinski definition) is 0. The number of hydrogen-bond acceptors (Lipinski definition) is 7. The summed E-state index contributed by atoms with van der Waals surface area (Å²) in [7, 11) is 0. The quantitative estimate of drug-likeness (QED) is 0.258. The van der Waals surface area contributed by atoms with Crippen LogP contribution in [0.25, 0.3) is 11.8 Å². The predicted molar refractivity (Wildman–Crippen MR) is 155 cm³/mol. The van der Waals surface area contributed by atoms with E-state index in [4.69, 9.17) is 14.5 Å². The van der Waals surface area contributed by atoms with Gasteiger partial charge in [0.15, 0.2) is 4.80 Å². The minimum atomic E-state index is -0.656. The van der Waals surface area contributed by atoms with E-state index in [2.05, 4.69) is 15.9 Å². The van der Waals surface area contributed by atoms with E-state index in [1.165, 1.54) is 22.7 Å². The van der Waals surface area contributed by atoms with Gasteiger partial charge in [0.05, 0.1) is 28.5 Å². The molecule has 5 rings (SSSR count). The Bertz CT molecular complexity index is 1690. The number of benzene rings is 2. The maximum absolute atomic E-state index is 14.0. The fourth-order valence-electron chi connectivity index (χ4n) is 4.29. The molecule has 1 aliphatic heterocycles. The second-order valence-corrected chi connectivity index (χ2v) is 11.7. The first-order valence-electron chi connectivity index (χ1n) is 12.2. The molecule has 2 aromatic heterocycles. The lowest BCUT2D eigenvalue weighted by Crippen LogP contribution is -2.39. The zero-order chi connectivity index (χ0) is 26.8. The Hall–Kier alpha value is -3.27. The first kappa shape index (κ1) is 26.3. The van der Waals surface area contributed by atoms with E-state index in [0.29, 0.717) is 26.4 Å². The van der Waals surface area contributed by atoms with Gasteiger partial charge in [-0.3, -0.25) is 9.36 Å². The molecule has 0 aliphatic carbocycles. The molecule has 6 nitrogen and oxygen atoms in total. The van der Waals surface area contributed by atoms with E-state index < -0.39 is 12.0 Å². The van der Waals surface area contributed by atoms with E-state index in [9.17, 15) is 9.59 Å². The van der Waals surface area contributed by atoms with Crippen molar-refractivity contribution in [1.82, 2.24) is 4.57 Å². The molecule has 2 aromatic carbocycles. The zero-order valence-electron chi connectivity index (χ0n) is 21.0. The number of rotatable bonds is 7. The average molecular weight is 610 g/mol. The van der Waals surface area contributed by atoms with Crippen molar-refractivity contribution in [2.45, 2.75) is 32.9 Å². The molecule has 0 N–H and O–H groups in total. The molecule has 9 heteroatoms. The third-order valence-electron chi connectivity index (χ3n) is 5.81. The van der Waals surface area contributed by atoms with Gasteiger partial charge in [0.1, 0.15) is 11.8 Å². The van der Waals surface area contributed by atoms with Crippen molar-refractivity contribution < 1.29 is 14.3 Å². The van der Waals surface area contributed by atoms with Gasteiger partial charge in [0.2, 0.25) is 0 Å². The summed E-state index contributed by atoms with van der Waals surface area (Å²) in [6.45, 7) is 5.91. The summed E-state index contributed by atoms with van der Waals surface area (Å²) >= 11 is 6.31. The number of carbonyl (C=O) groups excluding carboxylic acids is 1. The highest BCUT2D eigenvalue weighted by Crippen LogP contribution is 2.37. The second-order valence-electron chi connectivity index (χ2n) is 8.80. The molecule has 0 saturated carbocycles. The van der Waals surface area contributed by atoms with Crippen LogP contribution in [0.2, 0.25) is 0 Å². The van der Waals surface area contributed by atoms with Gasteiger partial charge in [-0.15, -0.1) is 11.3 Å². The van der Waals surface area contributed by atoms with Crippen LogP contribution in [-0.2, 0) is 9.53 Å². The van der Waals surface area contributed by atoms with Crippen LogP contribution in [0, 0.1) is 0 Å². The highest BCUT2D eigenvalue weighted by atomic mass is 79.9. The maximum Gasteiger partial charge on any atom is 0.338 e. The Balaban J connectivity index is 1.79. The molecular formula is C29H25BrN2O4S2. The highest BCUT2D eigenvalue weighted by molar-refractivity contribution is 9.10. The van der Waals surface area contributed by atoms with Crippen molar-refractivity contribution in [1.29, 1.82) is 0 Å². The van der Waals surface area contributed by atoms with Crippen LogP contribution >= 0.6 is 38.6 Å². The number of carbonyl (C=O) groups is 1. The number of esters is 1. The summed E-state index contributed by atoms with van der Waals surface area (Å²) in [6, 6.07) is 18.4. The third kappa shape index (κ3) is 5.18. The molecule has 0 bridgehead atoms. The fourth-order valence-corrected chi connectivity index (χ4v) is 6.49. The number of aromatic nitrogens is 1. The van der Waals surface area contributed by atoms with Crippen molar-refractivity contribution in [2.24, 2.45) is 4.99 Å². The van der Waals surface area contributed by atoms with E-state index in [0.717, 1.165) is 20.5 Å². The molecule has 0 saturated heterocycles. The lowest BCUT2D eigenvalue weighted by molar-refractivity contribution is -0.138. The average Bonchev–Trinajstić information content (AvgIpc) is 3.54. The minimum absolute atomic E-state index is 0.0241. The van der Waals surface area contributed by atoms with E-state index in [1.54, 1.807) is 11.5 Å². The van der Waals surface area contributed by atoms with Gasteiger partial charge in [0.25, 0.3) is 5.56 Å². The van der Waals surface area contributed by atoms with E-state index >= 15 is 0 Å². The van der Waals surface area contributed by atoms with Crippen LogP contribution in [0.4, 0.5) is 0 Å². The molecule has 0 spiro atoms. The predicted octanol–water partition coefficient (Wildman–Crippen LogP) is 5.55. The number of fused-ring (bicyclic) bond motifs is 1. The standard InChI is InChI=1S/C29H25BrN2O4S2/c1-4-35-28(34)24-25(18-9-6-5-7-10-18)31-29-32(26(24)22-11-8-14-37-22)27(33)23(38-29)16-19-15-20(30)12-13-21(19)36-17(2)3/h5-17,26H,4H2,1-3H3/b23-16+/t26-/m1/s1. The van der Waals surface area contributed by atoms with Crippen molar-refractivity contribution in [3.63, 3.8) is 0 Å². The molecule has 0 unspecified atom stereocenters. The van der Waals surface area contributed by atoms with Crippen LogP contribution in [-0.4, -0.2) is 23.2 Å². The van der Waals surface area contributed by atoms with Crippen molar-refractivity contribution in [3.05, 3.63) is 112 Å². The third-order valence-corrected chi connectivity index (χ3v) is 8.21. The van der Waals surface area contributed by atoms with Gasteiger partial charge in [-0.1, -0.05) is 63.7 Å². The Kier molecular flexibility index (Phi) is 7.78. The molecule has 1 atom stereocenters. The normalized spacial score (nSPS) is 15.4. The minimum Gasteiger partial charge on any atom is -0.490 e. The topological polar surface area (TPSA) is 69.9 Å². The number of nitrogens with zero attached hydrogens (tertiary/aromatic N) is 2. The summed E-state index contributed by atoms with van der Waals surface area (Å²) in [5, 5.41) is 1.94. The molecule has 4 aromatic rings. The summed E-state index contributed by atoms with van der Waals surface area (Å²) in [5.74, 6) is 0.198. The van der Waals surface area contributed by atoms with Gasteiger partial charge in [-0.05, 0) is 56.5 Å². The highest BCUT2D eigenvalue weighted by Gasteiger charge is 2.35. The summed E-state index contributed by atoms with van der Waals surface area (Å²) < 4.78 is 14.5. The van der Waals surface area contributed by atoms with Crippen LogP contribution in [0.3, 0.4) is 0 Å². The van der Waals surface area contributed by atoms with Gasteiger partial charge < -0.3 is 9.47 Å². The zero-order valence-corrected chi connectivity index (χ0v) is 24.2. The number of halogens is 1. The Morgan fingerprint density at radius 1 is 1.16 bits per heavy atom. The number of thiophene rings is 1.